The number of ether oxygens (including phenoxy) is 1. The Morgan fingerprint density at radius 2 is 1.65 bits per heavy atom. The van der Waals surface area contributed by atoms with Gasteiger partial charge in [-0.25, -0.2) is 0 Å². The van der Waals surface area contributed by atoms with Gasteiger partial charge < -0.3 is 4.74 Å². The summed E-state index contributed by atoms with van der Waals surface area (Å²) in [5.41, 5.74) is 0. The molecule has 0 aliphatic heterocycles. The third-order valence-electron chi connectivity index (χ3n) is 4.11. The Bertz CT molecular complexity index is 203. The minimum absolute atomic E-state index is 0.542. The van der Waals surface area contributed by atoms with Crippen molar-refractivity contribution in [2.24, 2.45) is 0 Å². The monoisotopic (exact) mass is 256 g/mol. The Kier molecular flexibility index (Phi) is 8.06. The maximum atomic E-state index is 5.38. The van der Waals surface area contributed by atoms with Crippen molar-refractivity contribution in [3.63, 3.8) is 0 Å². The van der Waals surface area contributed by atoms with Crippen molar-refractivity contribution >= 4 is 8.07 Å². The molecule has 0 radical (unpaired) electrons. The first kappa shape index (κ1) is 16.9. The molecular formula is C15H32OSi. The molecule has 0 saturated carbocycles. The van der Waals surface area contributed by atoms with Crippen LogP contribution in [0.15, 0.2) is 12.7 Å². The van der Waals surface area contributed by atoms with Crippen molar-refractivity contribution in [1.82, 2.24) is 0 Å². The van der Waals surface area contributed by atoms with Crippen LogP contribution in [-0.4, -0.2) is 21.3 Å². The highest BCUT2D eigenvalue weighted by Crippen LogP contribution is 2.39. The topological polar surface area (TPSA) is 9.23 Å². The highest BCUT2D eigenvalue weighted by molar-refractivity contribution is 6.80. The van der Waals surface area contributed by atoms with E-state index in [1.165, 1.54) is 31.7 Å². The second-order valence-electron chi connectivity index (χ2n) is 6.66. The zero-order chi connectivity index (χ0) is 13.4. The van der Waals surface area contributed by atoms with Crippen LogP contribution in [0.2, 0.25) is 24.2 Å². The van der Waals surface area contributed by atoms with Crippen LogP contribution in [0.1, 0.15) is 46.5 Å². The van der Waals surface area contributed by atoms with Crippen molar-refractivity contribution in [3.05, 3.63) is 12.7 Å². The summed E-state index contributed by atoms with van der Waals surface area (Å²) >= 11 is 0. The maximum absolute atomic E-state index is 5.38. The highest BCUT2D eigenvalue weighted by atomic mass is 28.3. The molecule has 1 nitrogen and oxygen atoms in total. The lowest BCUT2D eigenvalue weighted by Gasteiger charge is -2.37. The molecule has 0 fully saturated rings. The lowest BCUT2D eigenvalue weighted by Crippen LogP contribution is -2.36. The van der Waals surface area contributed by atoms with Crippen LogP contribution in [0.25, 0.3) is 0 Å². The number of hydrogen-bond acceptors (Lipinski definition) is 1. The first-order chi connectivity index (χ1) is 7.81. The SMILES string of the molecule is C=CCOCCCCCC[Si](C)(C)C(C)(C)C. The Morgan fingerprint density at radius 1 is 1.06 bits per heavy atom. The second kappa shape index (κ2) is 8.10. The third-order valence-corrected chi connectivity index (χ3v) is 9.77. The molecule has 0 unspecified atom stereocenters. The number of hydrogen-bond donors (Lipinski definition) is 0. The van der Waals surface area contributed by atoms with E-state index in [0.29, 0.717) is 11.6 Å². The lowest BCUT2D eigenvalue weighted by atomic mass is 10.2. The number of rotatable bonds is 9. The largest absolute Gasteiger partial charge is 0.377 e. The molecular weight excluding hydrogens is 224 g/mol. The lowest BCUT2D eigenvalue weighted by molar-refractivity contribution is 0.157. The van der Waals surface area contributed by atoms with Crippen LogP contribution in [0.5, 0.6) is 0 Å². The molecule has 0 heterocycles. The fourth-order valence-electron chi connectivity index (χ4n) is 1.67. The van der Waals surface area contributed by atoms with Gasteiger partial charge in [0.15, 0.2) is 0 Å². The van der Waals surface area contributed by atoms with Crippen LogP contribution >= 0.6 is 0 Å². The maximum Gasteiger partial charge on any atom is 0.0644 e. The summed E-state index contributed by atoms with van der Waals surface area (Å²) in [6.45, 7) is 17.5. The molecule has 0 aliphatic carbocycles. The van der Waals surface area contributed by atoms with E-state index in [9.17, 15) is 0 Å². The fourth-order valence-corrected chi connectivity index (χ4v) is 3.55. The Labute approximate surface area is 110 Å². The van der Waals surface area contributed by atoms with Gasteiger partial charge in [-0.15, -0.1) is 6.58 Å². The van der Waals surface area contributed by atoms with E-state index < -0.39 is 8.07 Å². The average molecular weight is 257 g/mol. The smallest absolute Gasteiger partial charge is 0.0644 e. The Morgan fingerprint density at radius 3 is 2.18 bits per heavy atom. The summed E-state index contributed by atoms with van der Waals surface area (Å²) in [4.78, 5) is 0. The minimum atomic E-state index is -1.03. The molecule has 17 heavy (non-hydrogen) atoms. The molecule has 0 bridgehead atoms. The van der Waals surface area contributed by atoms with E-state index >= 15 is 0 Å². The first-order valence-electron chi connectivity index (χ1n) is 7.00. The van der Waals surface area contributed by atoms with Crippen LogP contribution in [-0.2, 0) is 4.74 Å². The van der Waals surface area contributed by atoms with Crippen LogP contribution in [0, 0.1) is 0 Å². The van der Waals surface area contributed by atoms with E-state index in [4.69, 9.17) is 4.74 Å². The van der Waals surface area contributed by atoms with E-state index in [2.05, 4.69) is 40.4 Å². The van der Waals surface area contributed by atoms with Gasteiger partial charge in [-0.3, -0.25) is 0 Å². The van der Waals surface area contributed by atoms with Crippen LogP contribution in [0.4, 0.5) is 0 Å². The summed E-state index contributed by atoms with van der Waals surface area (Å²) < 4.78 is 5.38. The average Bonchev–Trinajstić information content (AvgIpc) is 2.20. The van der Waals surface area contributed by atoms with Gasteiger partial charge in [0.25, 0.3) is 0 Å². The van der Waals surface area contributed by atoms with Crippen molar-refractivity contribution in [2.45, 2.75) is 70.6 Å². The zero-order valence-corrected chi connectivity index (χ0v) is 13.6. The predicted octanol–water partition coefficient (Wildman–Crippen LogP) is 5.26. The molecule has 102 valence electrons. The third kappa shape index (κ3) is 7.77. The molecule has 0 atom stereocenters. The minimum Gasteiger partial charge on any atom is -0.377 e. The quantitative estimate of drug-likeness (QED) is 0.311. The molecule has 0 rings (SSSR count). The molecule has 0 aromatic carbocycles. The Hall–Kier alpha value is -0.0831. The fraction of sp³-hybridized carbons (Fsp3) is 0.867. The van der Waals surface area contributed by atoms with Crippen LogP contribution in [0.3, 0.4) is 0 Å². The molecule has 0 aromatic heterocycles. The van der Waals surface area contributed by atoms with Gasteiger partial charge in [-0.1, -0.05) is 65.2 Å². The van der Waals surface area contributed by atoms with Gasteiger partial charge in [0.2, 0.25) is 0 Å². The van der Waals surface area contributed by atoms with Gasteiger partial charge in [0.1, 0.15) is 0 Å². The van der Waals surface area contributed by atoms with Gasteiger partial charge in [-0.05, 0) is 11.5 Å². The summed E-state index contributed by atoms with van der Waals surface area (Å²) in [5.74, 6) is 0. The van der Waals surface area contributed by atoms with E-state index in [1.807, 2.05) is 6.08 Å². The first-order valence-corrected chi connectivity index (χ1v) is 10.2. The molecule has 0 amide bonds. The number of unbranched alkanes of at least 4 members (excludes halogenated alkanes) is 3. The van der Waals surface area contributed by atoms with Crippen molar-refractivity contribution in [1.29, 1.82) is 0 Å². The molecule has 0 aliphatic rings. The van der Waals surface area contributed by atoms with Gasteiger partial charge in [0.05, 0.1) is 14.7 Å². The van der Waals surface area contributed by atoms with Gasteiger partial charge in [0, 0.05) is 6.61 Å². The van der Waals surface area contributed by atoms with Gasteiger partial charge >= 0.3 is 0 Å². The van der Waals surface area contributed by atoms with Crippen LogP contribution < -0.4 is 0 Å². The molecule has 0 spiro atoms. The standard InChI is InChI=1S/C15H32OSi/c1-7-12-16-13-10-8-9-11-14-17(5,6)15(2,3)4/h7H,1,8-14H2,2-6H3. The van der Waals surface area contributed by atoms with Crippen molar-refractivity contribution < 1.29 is 4.74 Å². The van der Waals surface area contributed by atoms with E-state index in [1.54, 1.807) is 0 Å². The summed E-state index contributed by atoms with van der Waals surface area (Å²) in [5, 5.41) is 0.542. The summed E-state index contributed by atoms with van der Waals surface area (Å²) in [6, 6.07) is 1.46. The second-order valence-corrected chi connectivity index (χ2v) is 12.4. The van der Waals surface area contributed by atoms with Crippen molar-refractivity contribution in [3.8, 4) is 0 Å². The van der Waals surface area contributed by atoms with Crippen molar-refractivity contribution in [2.75, 3.05) is 13.2 Å². The summed E-state index contributed by atoms with van der Waals surface area (Å²) in [7, 11) is -1.03. The molecule has 0 N–H and O–H groups in total. The highest BCUT2D eigenvalue weighted by Gasteiger charge is 2.33. The summed E-state index contributed by atoms with van der Waals surface area (Å²) in [6.07, 6.45) is 7.09. The molecule has 2 heteroatoms. The van der Waals surface area contributed by atoms with E-state index in [-0.39, 0.29) is 0 Å². The molecule has 0 aromatic rings. The zero-order valence-electron chi connectivity index (χ0n) is 12.6. The predicted molar refractivity (Wildman–Crippen MR) is 81.5 cm³/mol. The normalized spacial score (nSPS) is 12.8. The molecule has 0 saturated heterocycles. The van der Waals surface area contributed by atoms with Gasteiger partial charge in [-0.2, -0.15) is 0 Å². The Balaban J connectivity index is 3.48. The van der Waals surface area contributed by atoms with E-state index in [0.717, 1.165) is 6.61 Å².